The van der Waals surface area contributed by atoms with Gasteiger partial charge in [-0.15, -0.1) is 0 Å². The molecule has 0 unspecified atom stereocenters. The van der Waals surface area contributed by atoms with E-state index in [0.29, 0.717) is 16.7 Å². The number of anilines is 1. The predicted octanol–water partition coefficient (Wildman–Crippen LogP) is 3.11. The number of halogens is 1. The lowest BCUT2D eigenvalue weighted by molar-refractivity contribution is -0.116. The van der Waals surface area contributed by atoms with E-state index in [1.165, 1.54) is 13.0 Å². The Bertz CT molecular complexity index is 501. The molecular weight excluding hydrogens is 298 g/mol. The summed E-state index contributed by atoms with van der Waals surface area (Å²) in [6, 6.07) is 1.33. The standard InChI is InChI=1S/C13H16BrNO3/c1-3-8-4-5-15(7(2)16)13-11(8)9(17)6-10(18)12(13)14/h6,8,17-18H,3-5H2,1-2H3/t8-/m1/s1. The zero-order chi connectivity index (χ0) is 13.4. The van der Waals surface area contributed by atoms with Gasteiger partial charge in [-0.1, -0.05) is 6.92 Å². The summed E-state index contributed by atoms with van der Waals surface area (Å²) in [4.78, 5) is 13.3. The molecule has 0 saturated heterocycles. The summed E-state index contributed by atoms with van der Waals surface area (Å²) >= 11 is 3.31. The fourth-order valence-corrected chi connectivity index (χ4v) is 3.10. The third kappa shape index (κ3) is 1.96. The van der Waals surface area contributed by atoms with Gasteiger partial charge in [0.15, 0.2) is 0 Å². The lowest BCUT2D eigenvalue weighted by Crippen LogP contribution is -2.35. The molecule has 1 aromatic carbocycles. The van der Waals surface area contributed by atoms with Crippen LogP contribution in [0.5, 0.6) is 11.5 Å². The van der Waals surface area contributed by atoms with Crippen LogP contribution in [0.15, 0.2) is 10.5 Å². The van der Waals surface area contributed by atoms with Gasteiger partial charge in [0.2, 0.25) is 5.91 Å². The van der Waals surface area contributed by atoms with Crippen LogP contribution >= 0.6 is 15.9 Å². The van der Waals surface area contributed by atoms with Crippen molar-refractivity contribution in [3.05, 3.63) is 16.1 Å². The first-order valence-electron chi connectivity index (χ1n) is 5.99. The number of nitrogens with zero attached hydrogens (tertiary/aromatic N) is 1. The number of benzene rings is 1. The van der Waals surface area contributed by atoms with E-state index in [1.54, 1.807) is 4.90 Å². The molecule has 18 heavy (non-hydrogen) atoms. The number of phenols is 2. The zero-order valence-corrected chi connectivity index (χ0v) is 12.0. The smallest absolute Gasteiger partial charge is 0.223 e. The quantitative estimate of drug-likeness (QED) is 0.837. The first-order chi connectivity index (χ1) is 8.47. The van der Waals surface area contributed by atoms with Crippen molar-refractivity contribution in [1.29, 1.82) is 0 Å². The van der Waals surface area contributed by atoms with Crippen molar-refractivity contribution in [3.63, 3.8) is 0 Å². The van der Waals surface area contributed by atoms with Gasteiger partial charge in [0, 0.05) is 25.1 Å². The second-order valence-corrected chi connectivity index (χ2v) is 5.35. The number of phenolic OH excluding ortho intramolecular Hbond substituents is 2. The molecule has 2 rings (SSSR count). The minimum atomic E-state index is -0.0866. The molecule has 1 aliphatic rings. The molecule has 4 nitrogen and oxygen atoms in total. The topological polar surface area (TPSA) is 60.8 Å². The molecule has 1 atom stereocenters. The molecular formula is C13H16BrNO3. The van der Waals surface area contributed by atoms with E-state index in [2.05, 4.69) is 22.9 Å². The molecule has 0 saturated carbocycles. The van der Waals surface area contributed by atoms with Crippen LogP contribution in [0.2, 0.25) is 0 Å². The Kier molecular flexibility index (Phi) is 3.52. The number of carbonyl (C=O) groups excluding carboxylic acids is 1. The van der Waals surface area contributed by atoms with Crippen LogP contribution in [0, 0.1) is 0 Å². The Morgan fingerprint density at radius 3 is 2.72 bits per heavy atom. The zero-order valence-electron chi connectivity index (χ0n) is 10.4. The number of fused-ring (bicyclic) bond motifs is 1. The van der Waals surface area contributed by atoms with Gasteiger partial charge >= 0.3 is 0 Å². The van der Waals surface area contributed by atoms with Gasteiger partial charge in [0.1, 0.15) is 11.5 Å². The molecule has 1 amide bonds. The van der Waals surface area contributed by atoms with Crippen LogP contribution in [0.1, 0.15) is 38.2 Å². The maximum Gasteiger partial charge on any atom is 0.223 e. The summed E-state index contributed by atoms with van der Waals surface area (Å²) in [5.74, 6) is 0.141. The second kappa shape index (κ2) is 4.80. The normalized spacial score (nSPS) is 18.6. The van der Waals surface area contributed by atoms with Gasteiger partial charge < -0.3 is 15.1 Å². The first-order valence-corrected chi connectivity index (χ1v) is 6.79. The number of hydrogen-bond acceptors (Lipinski definition) is 3. The third-order valence-corrected chi connectivity index (χ3v) is 4.27. The Labute approximate surface area is 114 Å². The average Bonchev–Trinajstić information content (AvgIpc) is 2.34. The van der Waals surface area contributed by atoms with Crippen LogP contribution in [-0.2, 0) is 4.79 Å². The summed E-state index contributed by atoms with van der Waals surface area (Å²) in [5, 5.41) is 19.8. The Morgan fingerprint density at radius 2 is 2.17 bits per heavy atom. The van der Waals surface area contributed by atoms with Gasteiger partial charge in [-0.05, 0) is 34.7 Å². The monoisotopic (exact) mass is 313 g/mol. The molecule has 0 fully saturated rings. The second-order valence-electron chi connectivity index (χ2n) is 4.56. The van der Waals surface area contributed by atoms with Gasteiger partial charge in [-0.25, -0.2) is 0 Å². The summed E-state index contributed by atoms with van der Waals surface area (Å²) in [5.41, 5.74) is 1.36. The lowest BCUT2D eigenvalue weighted by atomic mass is 9.87. The number of carbonyl (C=O) groups is 1. The van der Waals surface area contributed by atoms with Gasteiger partial charge in [0.25, 0.3) is 0 Å². The fraction of sp³-hybridized carbons (Fsp3) is 0.462. The molecule has 0 aliphatic carbocycles. The highest BCUT2D eigenvalue weighted by molar-refractivity contribution is 9.10. The molecule has 0 spiro atoms. The first kappa shape index (κ1) is 13.2. The molecule has 5 heteroatoms. The van der Waals surface area contributed by atoms with E-state index in [-0.39, 0.29) is 23.3 Å². The molecule has 0 bridgehead atoms. The summed E-state index contributed by atoms with van der Waals surface area (Å²) < 4.78 is 0.476. The minimum absolute atomic E-state index is 0.0470. The van der Waals surface area contributed by atoms with Gasteiger partial charge in [-0.2, -0.15) is 0 Å². The van der Waals surface area contributed by atoms with Crippen LogP contribution in [-0.4, -0.2) is 22.7 Å². The van der Waals surface area contributed by atoms with E-state index in [4.69, 9.17) is 0 Å². The molecule has 1 aromatic rings. The fourth-order valence-electron chi connectivity index (χ4n) is 2.56. The minimum Gasteiger partial charge on any atom is -0.507 e. The maximum absolute atomic E-state index is 11.7. The molecule has 1 aliphatic heterocycles. The molecule has 0 radical (unpaired) electrons. The Morgan fingerprint density at radius 1 is 1.50 bits per heavy atom. The lowest BCUT2D eigenvalue weighted by Gasteiger charge is -2.34. The summed E-state index contributed by atoms with van der Waals surface area (Å²) in [6.45, 7) is 4.16. The van der Waals surface area contributed by atoms with Crippen LogP contribution in [0.3, 0.4) is 0 Å². The van der Waals surface area contributed by atoms with Crippen molar-refractivity contribution in [3.8, 4) is 11.5 Å². The molecule has 0 aromatic heterocycles. The van der Waals surface area contributed by atoms with Gasteiger partial charge in [-0.3, -0.25) is 4.79 Å². The number of aromatic hydroxyl groups is 2. The van der Waals surface area contributed by atoms with E-state index >= 15 is 0 Å². The van der Waals surface area contributed by atoms with Crippen LogP contribution < -0.4 is 4.90 Å². The predicted molar refractivity (Wildman–Crippen MR) is 73.1 cm³/mol. The van der Waals surface area contributed by atoms with Crippen molar-refractivity contribution < 1.29 is 15.0 Å². The third-order valence-electron chi connectivity index (χ3n) is 3.49. The van der Waals surface area contributed by atoms with E-state index in [9.17, 15) is 15.0 Å². The summed E-state index contributed by atoms with van der Waals surface area (Å²) in [6.07, 6.45) is 1.72. The van der Waals surface area contributed by atoms with Crippen molar-refractivity contribution in [2.75, 3.05) is 11.4 Å². The van der Waals surface area contributed by atoms with E-state index < -0.39 is 0 Å². The Balaban J connectivity index is 2.69. The highest BCUT2D eigenvalue weighted by atomic mass is 79.9. The largest absolute Gasteiger partial charge is 0.507 e. The SMILES string of the molecule is CC[C@@H]1CCN(C(C)=O)c2c(Br)c(O)cc(O)c21. The van der Waals surface area contributed by atoms with Crippen molar-refractivity contribution >= 4 is 27.5 Å². The number of amides is 1. The number of hydrogen-bond donors (Lipinski definition) is 2. The molecule has 1 heterocycles. The summed E-state index contributed by atoms with van der Waals surface area (Å²) in [7, 11) is 0. The van der Waals surface area contributed by atoms with E-state index in [0.717, 1.165) is 18.4 Å². The highest BCUT2D eigenvalue weighted by Gasteiger charge is 2.32. The van der Waals surface area contributed by atoms with Crippen molar-refractivity contribution in [2.45, 2.75) is 32.6 Å². The van der Waals surface area contributed by atoms with Crippen LogP contribution in [0.4, 0.5) is 5.69 Å². The number of rotatable bonds is 1. The maximum atomic E-state index is 11.7. The van der Waals surface area contributed by atoms with Crippen molar-refractivity contribution in [2.24, 2.45) is 0 Å². The average molecular weight is 314 g/mol. The van der Waals surface area contributed by atoms with E-state index in [1.807, 2.05) is 0 Å². The Hall–Kier alpha value is -1.23. The van der Waals surface area contributed by atoms with Gasteiger partial charge in [0.05, 0.1) is 10.2 Å². The molecule has 2 N–H and O–H groups in total. The highest BCUT2D eigenvalue weighted by Crippen LogP contribution is 2.49. The van der Waals surface area contributed by atoms with Crippen LogP contribution in [0.25, 0.3) is 0 Å². The van der Waals surface area contributed by atoms with Crippen molar-refractivity contribution in [1.82, 2.24) is 0 Å². The molecule has 98 valence electrons.